The lowest BCUT2D eigenvalue weighted by atomic mass is 9.86. The molecule has 5 aromatic rings. The lowest BCUT2D eigenvalue weighted by molar-refractivity contribution is 0.0516. The van der Waals surface area contributed by atoms with Gasteiger partial charge in [0.2, 0.25) is 0 Å². The van der Waals surface area contributed by atoms with Gasteiger partial charge in [0, 0.05) is 12.7 Å². The zero-order chi connectivity index (χ0) is 21.9. The van der Waals surface area contributed by atoms with E-state index in [0.29, 0.717) is 0 Å². The van der Waals surface area contributed by atoms with E-state index in [9.17, 15) is 5.11 Å². The number of hydrogen-bond acceptors (Lipinski definition) is 3. The molecule has 0 aliphatic carbocycles. The first-order chi connectivity index (χ1) is 15.8. The molecule has 0 spiro atoms. The van der Waals surface area contributed by atoms with Crippen LogP contribution in [0.2, 0.25) is 0 Å². The third-order valence-corrected chi connectivity index (χ3v) is 5.84. The molecule has 0 heterocycles. The maximum Gasteiger partial charge on any atom is 0.188 e. The van der Waals surface area contributed by atoms with Crippen molar-refractivity contribution in [1.82, 2.24) is 0 Å². The second kappa shape index (κ2) is 8.83. The van der Waals surface area contributed by atoms with Crippen LogP contribution in [0, 0.1) is 0 Å². The van der Waals surface area contributed by atoms with Crippen LogP contribution in [0.25, 0.3) is 32.7 Å². The standard InChI is InChI=1S/C29H24O3/c1-31-19-32-26-18-16-21-10-6-8-14-24(21)28(26)27-23-13-7-5-9-20(23)15-17-25(27)29(30)22-11-3-2-4-12-22/h2-18,29-30H,19H2,1H3/t29-/m0/s1. The van der Waals surface area contributed by atoms with Crippen LogP contribution in [-0.4, -0.2) is 19.0 Å². The predicted molar refractivity (Wildman–Crippen MR) is 130 cm³/mol. The molecule has 0 unspecified atom stereocenters. The summed E-state index contributed by atoms with van der Waals surface area (Å²) in [5.41, 5.74) is 3.63. The van der Waals surface area contributed by atoms with Gasteiger partial charge in [0.25, 0.3) is 0 Å². The second-order valence-corrected chi connectivity index (χ2v) is 7.77. The number of fused-ring (bicyclic) bond motifs is 2. The van der Waals surface area contributed by atoms with Crippen molar-refractivity contribution in [3.63, 3.8) is 0 Å². The lowest BCUT2D eigenvalue weighted by Crippen LogP contribution is -2.05. The summed E-state index contributed by atoms with van der Waals surface area (Å²) >= 11 is 0. The van der Waals surface area contributed by atoms with Crippen LogP contribution in [0.5, 0.6) is 5.75 Å². The van der Waals surface area contributed by atoms with Gasteiger partial charge in [-0.25, -0.2) is 0 Å². The molecule has 0 saturated carbocycles. The van der Waals surface area contributed by atoms with Crippen molar-refractivity contribution in [3.8, 4) is 16.9 Å². The normalized spacial score (nSPS) is 12.2. The molecule has 3 nitrogen and oxygen atoms in total. The van der Waals surface area contributed by atoms with E-state index in [1.165, 1.54) is 0 Å². The monoisotopic (exact) mass is 420 g/mol. The highest BCUT2D eigenvalue weighted by Gasteiger charge is 2.22. The molecule has 0 aromatic heterocycles. The van der Waals surface area contributed by atoms with Gasteiger partial charge in [0.15, 0.2) is 6.79 Å². The highest BCUT2D eigenvalue weighted by molar-refractivity contribution is 6.09. The van der Waals surface area contributed by atoms with Crippen LogP contribution in [0.1, 0.15) is 17.2 Å². The molecule has 1 N–H and O–H groups in total. The number of methoxy groups -OCH3 is 1. The zero-order valence-corrected chi connectivity index (χ0v) is 17.9. The Labute approximate surface area is 187 Å². The minimum absolute atomic E-state index is 0.146. The van der Waals surface area contributed by atoms with Crippen LogP contribution in [0.4, 0.5) is 0 Å². The van der Waals surface area contributed by atoms with E-state index in [2.05, 4.69) is 36.4 Å². The maximum absolute atomic E-state index is 11.5. The fourth-order valence-electron chi connectivity index (χ4n) is 4.36. The van der Waals surface area contributed by atoms with Crippen LogP contribution in [0.15, 0.2) is 103 Å². The summed E-state index contributed by atoms with van der Waals surface area (Å²) in [5, 5.41) is 15.8. The Morgan fingerprint density at radius 1 is 0.656 bits per heavy atom. The Bertz CT molecular complexity index is 1380. The number of rotatable bonds is 6. The summed E-state index contributed by atoms with van der Waals surface area (Å²) in [6.45, 7) is 0.146. The highest BCUT2D eigenvalue weighted by Crippen LogP contribution is 2.45. The summed E-state index contributed by atoms with van der Waals surface area (Å²) in [4.78, 5) is 0. The summed E-state index contributed by atoms with van der Waals surface area (Å²) in [7, 11) is 1.61. The van der Waals surface area contributed by atoms with E-state index in [0.717, 1.165) is 49.5 Å². The van der Waals surface area contributed by atoms with Crippen molar-refractivity contribution in [2.75, 3.05) is 13.9 Å². The number of aliphatic hydroxyl groups excluding tert-OH is 1. The molecule has 0 radical (unpaired) electrons. The molecule has 0 amide bonds. The van der Waals surface area contributed by atoms with Gasteiger partial charge in [-0.15, -0.1) is 0 Å². The molecule has 158 valence electrons. The van der Waals surface area contributed by atoms with E-state index >= 15 is 0 Å². The molecule has 5 rings (SSSR count). The average molecular weight is 421 g/mol. The number of aliphatic hydroxyl groups is 1. The van der Waals surface area contributed by atoms with Gasteiger partial charge in [-0.05, 0) is 44.3 Å². The fraction of sp³-hybridized carbons (Fsp3) is 0.103. The van der Waals surface area contributed by atoms with Gasteiger partial charge in [0.1, 0.15) is 11.9 Å². The van der Waals surface area contributed by atoms with Crippen LogP contribution >= 0.6 is 0 Å². The van der Waals surface area contributed by atoms with Gasteiger partial charge >= 0.3 is 0 Å². The minimum Gasteiger partial charge on any atom is -0.467 e. The van der Waals surface area contributed by atoms with E-state index in [-0.39, 0.29) is 6.79 Å². The van der Waals surface area contributed by atoms with E-state index < -0.39 is 6.10 Å². The van der Waals surface area contributed by atoms with Gasteiger partial charge < -0.3 is 14.6 Å². The zero-order valence-electron chi connectivity index (χ0n) is 17.9. The molecule has 1 atom stereocenters. The Hall–Kier alpha value is -3.66. The SMILES string of the molecule is COCOc1ccc2ccccc2c1-c1c([C@@H](O)c2ccccc2)ccc2ccccc12. The maximum atomic E-state index is 11.5. The van der Waals surface area contributed by atoms with Gasteiger partial charge in [-0.3, -0.25) is 0 Å². The summed E-state index contributed by atoms with van der Waals surface area (Å²) in [6, 6.07) is 34.4. The summed E-state index contributed by atoms with van der Waals surface area (Å²) < 4.78 is 11.2. The van der Waals surface area contributed by atoms with Crippen molar-refractivity contribution in [2.24, 2.45) is 0 Å². The smallest absolute Gasteiger partial charge is 0.188 e. The predicted octanol–water partition coefficient (Wildman–Crippen LogP) is 6.72. The highest BCUT2D eigenvalue weighted by atomic mass is 16.7. The fourth-order valence-corrected chi connectivity index (χ4v) is 4.36. The van der Waals surface area contributed by atoms with Crippen molar-refractivity contribution in [3.05, 3.63) is 114 Å². The number of benzene rings is 5. The molecule has 0 bridgehead atoms. The Morgan fingerprint density at radius 3 is 1.94 bits per heavy atom. The molecule has 0 aliphatic rings. The van der Waals surface area contributed by atoms with E-state index in [1.54, 1.807) is 7.11 Å². The van der Waals surface area contributed by atoms with Crippen molar-refractivity contribution >= 4 is 21.5 Å². The molecular formula is C29H24O3. The number of ether oxygens (including phenoxy) is 2. The van der Waals surface area contributed by atoms with Crippen LogP contribution < -0.4 is 4.74 Å². The summed E-state index contributed by atoms with van der Waals surface area (Å²) in [5.74, 6) is 0.725. The lowest BCUT2D eigenvalue weighted by Gasteiger charge is -2.22. The van der Waals surface area contributed by atoms with E-state index in [4.69, 9.17) is 9.47 Å². The van der Waals surface area contributed by atoms with Gasteiger partial charge in [-0.1, -0.05) is 97.1 Å². The van der Waals surface area contributed by atoms with E-state index in [1.807, 2.05) is 66.7 Å². The van der Waals surface area contributed by atoms with Gasteiger partial charge in [-0.2, -0.15) is 0 Å². The molecule has 0 aliphatic heterocycles. The first kappa shape index (κ1) is 20.3. The Morgan fingerprint density at radius 2 is 1.25 bits per heavy atom. The molecule has 3 heteroatoms. The molecule has 0 saturated heterocycles. The number of hydrogen-bond donors (Lipinski definition) is 1. The minimum atomic E-state index is -0.773. The first-order valence-corrected chi connectivity index (χ1v) is 10.7. The molecule has 0 fully saturated rings. The quantitative estimate of drug-likeness (QED) is 0.310. The van der Waals surface area contributed by atoms with Gasteiger partial charge in [0.05, 0.1) is 0 Å². The molecule has 5 aromatic carbocycles. The largest absolute Gasteiger partial charge is 0.467 e. The van der Waals surface area contributed by atoms with Crippen LogP contribution in [0.3, 0.4) is 0 Å². The van der Waals surface area contributed by atoms with Crippen molar-refractivity contribution in [2.45, 2.75) is 6.10 Å². The molecule has 32 heavy (non-hydrogen) atoms. The molecular weight excluding hydrogens is 396 g/mol. The topological polar surface area (TPSA) is 38.7 Å². The Balaban J connectivity index is 1.87. The second-order valence-electron chi connectivity index (χ2n) is 7.77. The first-order valence-electron chi connectivity index (χ1n) is 10.7. The van der Waals surface area contributed by atoms with Crippen molar-refractivity contribution < 1.29 is 14.6 Å². The average Bonchev–Trinajstić information content (AvgIpc) is 2.86. The third-order valence-electron chi connectivity index (χ3n) is 5.84. The third kappa shape index (κ3) is 3.62. The summed E-state index contributed by atoms with van der Waals surface area (Å²) in [6.07, 6.45) is -0.773. The Kier molecular flexibility index (Phi) is 5.59. The van der Waals surface area contributed by atoms with Crippen LogP contribution in [-0.2, 0) is 4.74 Å². The van der Waals surface area contributed by atoms with Crippen molar-refractivity contribution in [1.29, 1.82) is 0 Å².